The number of imidazole rings is 1. The van der Waals surface area contributed by atoms with Crippen molar-refractivity contribution >= 4 is 17.4 Å². The maximum Gasteiger partial charge on any atom is 0.245 e. The third-order valence-electron chi connectivity index (χ3n) is 6.35. The number of aromatic nitrogens is 6. The molecule has 1 aliphatic heterocycles. The number of hydrogen-bond donors (Lipinski definition) is 2. The molecule has 172 valence electrons. The van der Waals surface area contributed by atoms with E-state index in [0.29, 0.717) is 12.5 Å². The van der Waals surface area contributed by atoms with Crippen LogP contribution in [0, 0.1) is 0 Å². The molecule has 3 aromatic heterocycles. The van der Waals surface area contributed by atoms with Crippen LogP contribution < -0.4 is 16.0 Å². The van der Waals surface area contributed by atoms with Gasteiger partial charge >= 0.3 is 0 Å². The average molecular weight is 446 g/mol. The molecule has 1 fully saturated rings. The molecule has 0 aliphatic carbocycles. The summed E-state index contributed by atoms with van der Waals surface area (Å²) in [5.41, 5.74) is 11.3. The molecule has 0 spiro atoms. The van der Waals surface area contributed by atoms with E-state index in [9.17, 15) is 0 Å². The van der Waals surface area contributed by atoms with Crippen LogP contribution in [-0.2, 0) is 13.6 Å². The van der Waals surface area contributed by atoms with Crippen molar-refractivity contribution < 1.29 is 0 Å². The molecule has 4 aromatic rings. The molecule has 0 saturated carbocycles. The first-order valence-corrected chi connectivity index (χ1v) is 11.6. The lowest BCUT2D eigenvalue weighted by atomic mass is 10.0. The molecular formula is C24H31N9. The van der Waals surface area contributed by atoms with Gasteiger partial charge in [0, 0.05) is 44.5 Å². The quantitative estimate of drug-likeness (QED) is 0.470. The zero-order chi connectivity index (χ0) is 22.9. The smallest absolute Gasteiger partial charge is 0.245 e. The number of rotatable bonds is 6. The van der Waals surface area contributed by atoms with Crippen molar-refractivity contribution in [1.82, 2.24) is 29.4 Å². The van der Waals surface area contributed by atoms with Crippen molar-refractivity contribution in [2.45, 2.75) is 45.2 Å². The fourth-order valence-electron chi connectivity index (χ4n) is 4.37. The van der Waals surface area contributed by atoms with E-state index in [1.807, 2.05) is 34.7 Å². The molecule has 0 bridgehead atoms. The highest BCUT2D eigenvalue weighted by Crippen LogP contribution is 2.26. The van der Waals surface area contributed by atoms with Crippen LogP contribution in [0.4, 0.5) is 11.8 Å². The molecule has 9 nitrogen and oxygen atoms in total. The van der Waals surface area contributed by atoms with Crippen LogP contribution in [0.25, 0.3) is 16.9 Å². The Balaban J connectivity index is 1.50. The third-order valence-corrected chi connectivity index (χ3v) is 6.35. The number of benzene rings is 1. The Kier molecular flexibility index (Phi) is 5.72. The second-order valence-electron chi connectivity index (χ2n) is 9.01. The largest absolute Gasteiger partial charge is 0.363 e. The van der Waals surface area contributed by atoms with Crippen LogP contribution in [0.1, 0.15) is 43.9 Å². The van der Waals surface area contributed by atoms with Gasteiger partial charge in [-0.1, -0.05) is 38.1 Å². The molecule has 3 N–H and O–H groups in total. The lowest BCUT2D eigenvalue weighted by Crippen LogP contribution is -2.40. The predicted octanol–water partition coefficient (Wildman–Crippen LogP) is 3.19. The molecule has 9 heteroatoms. The molecule has 33 heavy (non-hydrogen) atoms. The number of piperidine rings is 1. The zero-order valence-electron chi connectivity index (χ0n) is 19.4. The molecule has 0 radical (unpaired) electrons. The first kappa shape index (κ1) is 21.4. The minimum absolute atomic E-state index is 0.255. The van der Waals surface area contributed by atoms with E-state index in [-0.39, 0.29) is 6.04 Å². The SMILES string of the molecule is CC(C)c1cnc2c(NCc3ccccc3-c3ccnn3C)nc(N3CCC(N)CC3)nn12. The van der Waals surface area contributed by atoms with Crippen LogP contribution in [-0.4, -0.2) is 48.5 Å². The topological polar surface area (TPSA) is 102 Å². The van der Waals surface area contributed by atoms with E-state index in [1.54, 1.807) is 0 Å². The Morgan fingerprint density at radius 1 is 1.15 bits per heavy atom. The van der Waals surface area contributed by atoms with Crippen LogP contribution in [0.3, 0.4) is 0 Å². The molecule has 0 atom stereocenters. The standard InChI is InChI=1S/C24H31N9/c1-16(2)21-15-27-23-22(29-24(30-33(21)23)32-12-9-18(25)10-13-32)26-14-17-6-4-5-7-19(17)20-8-11-28-31(20)3/h4-8,11,15-16,18H,9-10,12-14,25H2,1-3H3,(H,26,29,30). The maximum absolute atomic E-state index is 6.12. The zero-order valence-corrected chi connectivity index (χ0v) is 19.4. The fraction of sp³-hybridized carbons (Fsp3) is 0.417. The van der Waals surface area contributed by atoms with Gasteiger partial charge in [0.05, 0.1) is 17.6 Å². The van der Waals surface area contributed by atoms with Crippen LogP contribution in [0.2, 0.25) is 0 Å². The molecule has 1 aliphatic rings. The predicted molar refractivity (Wildman–Crippen MR) is 130 cm³/mol. The summed E-state index contributed by atoms with van der Waals surface area (Å²) in [5.74, 6) is 1.76. The summed E-state index contributed by atoms with van der Waals surface area (Å²) in [5, 5.41) is 12.7. The minimum Gasteiger partial charge on any atom is -0.363 e. The van der Waals surface area contributed by atoms with E-state index >= 15 is 0 Å². The first-order valence-electron chi connectivity index (χ1n) is 11.6. The highest BCUT2D eigenvalue weighted by molar-refractivity contribution is 5.67. The number of aryl methyl sites for hydroxylation is 1. The van der Waals surface area contributed by atoms with E-state index in [1.165, 1.54) is 5.56 Å². The minimum atomic E-state index is 0.255. The molecule has 5 rings (SSSR count). The van der Waals surface area contributed by atoms with Crippen molar-refractivity contribution in [3.8, 4) is 11.3 Å². The monoisotopic (exact) mass is 445 g/mol. The van der Waals surface area contributed by atoms with Gasteiger partial charge in [-0.2, -0.15) is 10.1 Å². The molecular weight excluding hydrogens is 414 g/mol. The molecule has 0 amide bonds. The summed E-state index contributed by atoms with van der Waals surface area (Å²) in [6, 6.07) is 10.7. The number of nitrogens with two attached hydrogens (primary N) is 1. The number of nitrogens with zero attached hydrogens (tertiary/aromatic N) is 7. The Morgan fingerprint density at radius 3 is 2.67 bits per heavy atom. The van der Waals surface area contributed by atoms with Crippen LogP contribution >= 0.6 is 0 Å². The Bertz CT molecular complexity index is 1250. The molecule has 0 unspecified atom stereocenters. The van der Waals surface area contributed by atoms with Crippen molar-refractivity contribution in [1.29, 1.82) is 0 Å². The third kappa shape index (κ3) is 4.16. The van der Waals surface area contributed by atoms with Crippen LogP contribution in [0.5, 0.6) is 0 Å². The van der Waals surface area contributed by atoms with Crippen molar-refractivity contribution in [3.63, 3.8) is 0 Å². The van der Waals surface area contributed by atoms with Crippen molar-refractivity contribution in [2.75, 3.05) is 23.3 Å². The van der Waals surface area contributed by atoms with E-state index in [2.05, 4.69) is 58.4 Å². The van der Waals surface area contributed by atoms with Gasteiger partial charge in [0.25, 0.3) is 0 Å². The summed E-state index contributed by atoms with van der Waals surface area (Å²) in [6.07, 6.45) is 5.62. The highest BCUT2D eigenvalue weighted by Gasteiger charge is 2.22. The number of hydrogen-bond acceptors (Lipinski definition) is 7. The normalized spacial score (nSPS) is 15.0. The molecule has 4 heterocycles. The molecule has 1 saturated heterocycles. The fourth-order valence-corrected chi connectivity index (χ4v) is 4.37. The first-order chi connectivity index (χ1) is 16.0. The second kappa shape index (κ2) is 8.82. The van der Waals surface area contributed by atoms with E-state index in [4.69, 9.17) is 15.8 Å². The van der Waals surface area contributed by atoms with Crippen molar-refractivity contribution in [2.24, 2.45) is 12.8 Å². The number of fused-ring (bicyclic) bond motifs is 1. The van der Waals surface area contributed by atoms with E-state index < -0.39 is 0 Å². The Hall–Kier alpha value is -3.46. The van der Waals surface area contributed by atoms with Gasteiger partial charge in [-0.25, -0.2) is 9.50 Å². The summed E-state index contributed by atoms with van der Waals surface area (Å²) in [4.78, 5) is 11.8. The van der Waals surface area contributed by atoms with Crippen molar-refractivity contribution in [3.05, 3.63) is 54.0 Å². The Labute approximate surface area is 193 Å². The summed E-state index contributed by atoms with van der Waals surface area (Å²) in [6.45, 7) is 6.65. The van der Waals surface area contributed by atoms with Gasteiger partial charge in [0.2, 0.25) is 5.95 Å². The Morgan fingerprint density at radius 2 is 1.94 bits per heavy atom. The highest BCUT2D eigenvalue weighted by atomic mass is 15.4. The van der Waals surface area contributed by atoms with Gasteiger partial charge in [-0.3, -0.25) is 4.68 Å². The maximum atomic E-state index is 6.12. The van der Waals surface area contributed by atoms with Gasteiger partial charge in [0.1, 0.15) is 0 Å². The summed E-state index contributed by atoms with van der Waals surface area (Å²) >= 11 is 0. The van der Waals surface area contributed by atoms with Gasteiger partial charge in [-0.05, 0) is 30.4 Å². The average Bonchev–Trinajstić information content (AvgIpc) is 3.44. The van der Waals surface area contributed by atoms with Gasteiger partial charge in [-0.15, -0.1) is 5.10 Å². The summed E-state index contributed by atoms with van der Waals surface area (Å²) in [7, 11) is 1.96. The second-order valence-corrected chi connectivity index (χ2v) is 9.01. The number of nitrogens with one attached hydrogen (secondary N) is 1. The lowest BCUT2D eigenvalue weighted by molar-refractivity contribution is 0.493. The van der Waals surface area contributed by atoms with Crippen LogP contribution in [0.15, 0.2) is 42.7 Å². The van der Waals surface area contributed by atoms with Gasteiger partial charge in [0.15, 0.2) is 11.5 Å². The number of anilines is 2. The van der Waals surface area contributed by atoms with E-state index in [0.717, 1.165) is 60.3 Å². The molecule has 1 aromatic carbocycles. The van der Waals surface area contributed by atoms with Gasteiger partial charge < -0.3 is 16.0 Å². The lowest BCUT2D eigenvalue weighted by Gasteiger charge is -2.30. The summed E-state index contributed by atoms with van der Waals surface area (Å²) < 4.78 is 3.83.